The van der Waals surface area contributed by atoms with E-state index in [0.717, 1.165) is 12.1 Å². The highest BCUT2D eigenvalue weighted by molar-refractivity contribution is 7.09. The van der Waals surface area contributed by atoms with Crippen molar-refractivity contribution in [3.05, 3.63) is 56.2 Å². The maximum Gasteiger partial charge on any atom is 0.0640 e. The van der Waals surface area contributed by atoms with Gasteiger partial charge in [-0.2, -0.15) is 0 Å². The number of thiophene rings is 1. The van der Waals surface area contributed by atoms with Crippen LogP contribution in [-0.2, 0) is 6.54 Å². The lowest BCUT2D eigenvalue weighted by Crippen LogP contribution is -2.30. The molecule has 0 aliphatic carbocycles. The molecule has 2 rings (SSSR count). The van der Waals surface area contributed by atoms with Crippen LogP contribution in [0.2, 0.25) is 10.0 Å². The van der Waals surface area contributed by atoms with Gasteiger partial charge in [0.15, 0.2) is 0 Å². The molecule has 19 heavy (non-hydrogen) atoms. The van der Waals surface area contributed by atoms with Crippen LogP contribution >= 0.6 is 34.5 Å². The standard InChI is InChI=1S/C14H16Cl2N2S/c1-18(9-10-4-3-7-19-10)13(8-17)11-5-2-6-12(15)14(11)16/h2-7,13H,8-9,17H2,1H3. The highest BCUT2D eigenvalue weighted by Gasteiger charge is 2.19. The first-order valence-electron chi connectivity index (χ1n) is 6.00. The van der Waals surface area contributed by atoms with E-state index in [4.69, 9.17) is 28.9 Å². The van der Waals surface area contributed by atoms with Crippen LogP contribution in [0.25, 0.3) is 0 Å². The number of rotatable bonds is 5. The molecule has 5 heteroatoms. The molecule has 0 spiro atoms. The van der Waals surface area contributed by atoms with Crippen molar-refractivity contribution in [1.29, 1.82) is 0 Å². The van der Waals surface area contributed by atoms with Crippen molar-refractivity contribution in [3.63, 3.8) is 0 Å². The third-order valence-corrected chi connectivity index (χ3v) is 4.78. The number of hydrogen-bond acceptors (Lipinski definition) is 3. The Morgan fingerprint density at radius 3 is 2.68 bits per heavy atom. The fourth-order valence-electron chi connectivity index (χ4n) is 2.08. The van der Waals surface area contributed by atoms with Crippen molar-refractivity contribution < 1.29 is 0 Å². The van der Waals surface area contributed by atoms with Gasteiger partial charge in [0.2, 0.25) is 0 Å². The molecule has 0 radical (unpaired) electrons. The van der Waals surface area contributed by atoms with Crippen molar-refractivity contribution in [1.82, 2.24) is 4.90 Å². The molecule has 0 saturated heterocycles. The monoisotopic (exact) mass is 314 g/mol. The van der Waals surface area contributed by atoms with E-state index in [0.29, 0.717) is 16.6 Å². The van der Waals surface area contributed by atoms with Gasteiger partial charge in [-0.1, -0.05) is 41.4 Å². The van der Waals surface area contributed by atoms with E-state index in [1.165, 1.54) is 4.88 Å². The molecule has 2 aromatic rings. The Labute approximate surface area is 127 Å². The van der Waals surface area contributed by atoms with Gasteiger partial charge in [0, 0.05) is 24.0 Å². The summed E-state index contributed by atoms with van der Waals surface area (Å²) >= 11 is 14.1. The van der Waals surface area contributed by atoms with Gasteiger partial charge >= 0.3 is 0 Å². The normalized spacial score (nSPS) is 12.9. The van der Waals surface area contributed by atoms with Crippen LogP contribution in [0.15, 0.2) is 35.7 Å². The molecule has 1 aromatic carbocycles. The second-order valence-electron chi connectivity index (χ2n) is 4.39. The summed E-state index contributed by atoms with van der Waals surface area (Å²) in [5, 5.41) is 3.24. The van der Waals surface area contributed by atoms with Gasteiger partial charge in [-0.3, -0.25) is 4.90 Å². The summed E-state index contributed by atoms with van der Waals surface area (Å²) in [6, 6.07) is 9.92. The molecule has 0 bridgehead atoms. The van der Waals surface area contributed by atoms with E-state index < -0.39 is 0 Å². The van der Waals surface area contributed by atoms with E-state index in [1.54, 1.807) is 17.4 Å². The summed E-state index contributed by atoms with van der Waals surface area (Å²) in [6.07, 6.45) is 0. The molecule has 0 amide bonds. The first-order chi connectivity index (χ1) is 9.13. The van der Waals surface area contributed by atoms with Crippen LogP contribution < -0.4 is 5.73 Å². The van der Waals surface area contributed by atoms with Crippen molar-refractivity contribution in [3.8, 4) is 0 Å². The number of nitrogens with zero attached hydrogens (tertiary/aromatic N) is 1. The van der Waals surface area contributed by atoms with Crippen LogP contribution in [0, 0.1) is 0 Å². The lowest BCUT2D eigenvalue weighted by molar-refractivity contribution is 0.244. The molecule has 2 nitrogen and oxygen atoms in total. The second-order valence-corrected chi connectivity index (χ2v) is 6.21. The van der Waals surface area contributed by atoms with Crippen molar-refractivity contribution >= 4 is 34.5 Å². The number of likely N-dealkylation sites (N-methyl/N-ethyl adjacent to an activating group) is 1. The molecule has 0 aliphatic rings. The maximum absolute atomic E-state index is 6.28. The maximum atomic E-state index is 6.28. The van der Waals surface area contributed by atoms with E-state index in [2.05, 4.69) is 29.5 Å². The topological polar surface area (TPSA) is 29.3 Å². The summed E-state index contributed by atoms with van der Waals surface area (Å²) < 4.78 is 0. The quantitative estimate of drug-likeness (QED) is 0.896. The Morgan fingerprint density at radius 2 is 2.05 bits per heavy atom. The lowest BCUT2D eigenvalue weighted by atomic mass is 10.1. The molecule has 2 N–H and O–H groups in total. The lowest BCUT2D eigenvalue weighted by Gasteiger charge is -2.27. The number of nitrogens with two attached hydrogens (primary N) is 1. The van der Waals surface area contributed by atoms with Crippen LogP contribution in [0.5, 0.6) is 0 Å². The molecular weight excluding hydrogens is 299 g/mol. The van der Waals surface area contributed by atoms with Crippen molar-refractivity contribution in [2.24, 2.45) is 5.73 Å². The molecular formula is C14H16Cl2N2S. The van der Waals surface area contributed by atoms with Crippen LogP contribution in [0.3, 0.4) is 0 Å². The summed E-state index contributed by atoms with van der Waals surface area (Å²) in [7, 11) is 2.05. The third kappa shape index (κ3) is 3.50. The molecule has 1 heterocycles. The van der Waals surface area contributed by atoms with Gasteiger partial charge in [0.25, 0.3) is 0 Å². The minimum Gasteiger partial charge on any atom is -0.329 e. The number of halogens is 2. The number of benzene rings is 1. The van der Waals surface area contributed by atoms with Crippen molar-refractivity contribution in [2.75, 3.05) is 13.6 Å². The Morgan fingerprint density at radius 1 is 1.26 bits per heavy atom. The largest absolute Gasteiger partial charge is 0.329 e. The van der Waals surface area contributed by atoms with Crippen LogP contribution in [-0.4, -0.2) is 18.5 Å². The fourth-order valence-corrected chi connectivity index (χ4v) is 3.28. The highest BCUT2D eigenvalue weighted by atomic mass is 35.5. The molecule has 1 unspecified atom stereocenters. The Balaban J connectivity index is 2.21. The average Bonchev–Trinajstić information content (AvgIpc) is 2.88. The molecule has 0 aliphatic heterocycles. The van der Waals surface area contributed by atoms with Gasteiger partial charge in [-0.05, 0) is 30.1 Å². The second kappa shape index (κ2) is 6.73. The van der Waals surface area contributed by atoms with Gasteiger partial charge < -0.3 is 5.73 Å². The van der Waals surface area contributed by atoms with Crippen molar-refractivity contribution in [2.45, 2.75) is 12.6 Å². The predicted molar refractivity (Wildman–Crippen MR) is 84.0 cm³/mol. The average molecular weight is 315 g/mol. The summed E-state index contributed by atoms with van der Waals surface area (Å²) in [6.45, 7) is 1.35. The zero-order chi connectivity index (χ0) is 13.8. The Kier molecular flexibility index (Phi) is 5.25. The zero-order valence-corrected chi connectivity index (χ0v) is 13.0. The van der Waals surface area contributed by atoms with Crippen LogP contribution in [0.1, 0.15) is 16.5 Å². The third-order valence-electron chi connectivity index (χ3n) is 3.08. The summed E-state index contributed by atoms with van der Waals surface area (Å²) in [5.74, 6) is 0. The first-order valence-corrected chi connectivity index (χ1v) is 7.63. The Hall–Kier alpha value is -0.580. The Bertz CT molecular complexity index is 528. The summed E-state index contributed by atoms with van der Waals surface area (Å²) in [4.78, 5) is 3.50. The highest BCUT2D eigenvalue weighted by Crippen LogP contribution is 2.32. The molecule has 0 saturated carbocycles. The zero-order valence-electron chi connectivity index (χ0n) is 10.6. The van der Waals surface area contributed by atoms with E-state index in [1.807, 2.05) is 12.1 Å². The molecule has 1 aromatic heterocycles. The summed E-state index contributed by atoms with van der Waals surface area (Å²) in [5.41, 5.74) is 6.90. The minimum absolute atomic E-state index is 0.0632. The predicted octanol–water partition coefficient (Wildman–Crippen LogP) is 4.19. The SMILES string of the molecule is CN(Cc1cccs1)C(CN)c1cccc(Cl)c1Cl. The smallest absolute Gasteiger partial charge is 0.0640 e. The molecule has 102 valence electrons. The fraction of sp³-hybridized carbons (Fsp3) is 0.286. The van der Waals surface area contributed by atoms with E-state index >= 15 is 0 Å². The van der Waals surface area contributed by atoms with E-state index in [-0.39, 0.29) is 6.04 Å². The number of hydrogen-bond donors (Lipinski definition) is 1. The van der Waals surface area contributed by atoms with Gasteiger partial charge in [0.05, 0.1) is 10.0 Å². The molecule has 0 fully saturated rings. The van der Waals surface area contributed by atoms with E-state index in [9.17, 15) is 0 Å². The van der Waals surface area contributed by atoms with Gasteiger partial charge in [0.1, 0.15) is 0 Å². The van der Waals surface area contributed by atoms with Gasteiger partial charge in [-0.15, -0.1) is 11.3 Å². The van der Waals surface area contributed by atoms with Gasteiger partial charge in [-0.25, -0.2) is 0 Å². The van der Waals surface area contributed by atoms with Crippen LogP contribution in [0.4, 0.5) is 0 Å². The minimum atomic E-state index is 0.0632. The molecule has 1 atom stereocenters. The first kappa shape index (κ1) is 14.8.